The summed E-state index contributed by atoms with van der Waals surface area (Å²) in [5, 5.41) is 8.45. The second-order valence-electron chi connectivity index (χ2n) is 4.72. The third-order valence-electron chi connectivity index (χ3n) is 3.32. The van der Waals surface area contributed by atoms with Gasteiger partial charge in [0.05, 0.1) is 18.0 Å². The van der Waals surface area contributed by atoms with E-state index in [1.165, 1.54) is 0 Å². The highest BCUT2D eigenvalue weighted by atomic mass is 35.5. The Labute approximate surface area is 117 Å². The first-order valence-corrected chi connectivity index (χ1v) is 6.82. The van der Waals surface area contributed by atoms with Crippen molar-refractivity contribution in [2.45, 2.75) is 6.42 Å². The van der Waals surface area contributed by atoms with Gasteiger partial charge in [-0.05, 0) is 30.7 Å². The Morgan fingerprint density at radius 3 is 3.16 bits per heavy atom. The third kappa shape index (κ3) is 2.91. The van der Waals surface area contributed by atoms with E-state index >= 15 is 0 Å². The lowest BCUT2D eigenvalue weighted by Gasteiger charge is -2.15. The Hall–Kier alpha value is -1.52. The number of aromatic nitrogens is 2. The second-order valence-corrected chi connectivity index (χ2v) is 5.16. The minimum absolute atomic E-state index is 0.574. The summed E-state index contributed by atoms with van der Waals surface area (Å²) < 4.78 is 7.23. The zero-order valence-electron chi connectivity index (χ0n) is 10.6. The van der Waals surface area contributed by atoms with E-state index in [1.54, 1.807) is 6.20 Å². The third-order valence-corrected chi connectivity index (χ3v) is 3.55. The van der Waals surface area contributed by atoms with Crippen LogP contribution < -0.4 is 5.32 Å². The molecule has 0 spiro atoms. The number of benzene rings is 1. The van der Waals surface area contributed by atoms with E-state index in [2.05, 4.69) is 10.4 Å². The zero-order chi connectivity index (χ0) is 13.1. The Kier molecular flexibility index (Phi) is 3.71. The highest BCUT2D eigenvalue weighted by Crippen LogP contribution is 2.25. The molecule has 2 aromatic rings. The van der Waals surface area contributed by atoms with Crippen molar-refractivity contribution in [2.75, 3.05) is 25.1 Å². The van der Waals surface area contributed by atoms with Crippen LogP contribution in [0.4, 0.5) is 5.69 Å². The van der Waals surface area contributed by atoms with Crippen LogP contribution >= 0.6 is 11.6 Å². The molecule has 100 valence electrons. The molecule has 1 aromatic heterocycles. The second kappa shape index (κ2) is 5.63. The van der Waals surface area contributed by atoms with Crippen molar-refractivity contribution in [2.24, 2.45) is 5.92 Å². The summed E-state index contributed by atoms with van der Waals surface area (Å²) >= 11 is 6.08. The summed E-state index contributed by atoms with van der Waals surface area (Å²) in [6.45, 7) is 2.60. The van der Waals surface area contributed by atoms with Crippen LogP contribution in [-0.2, 0) is 4.74 Å². The fourth-order valence-electron chi connectivity index (χ4n) is 2.26. The predicted molar refractivity (Wildman–Crippen MR) is 76.0 cm³/mol. The number of nitrogens with zero attached hydrogens (tertiary/aromatic N) is 2. The van der Waals surface area contributed by atoms with Gasteiger partial charge in [0.2, 0.25) is 0 Å². The van der Waals surface area contributed by atoms with Crippen LogP contribution in [-0.4, -0.2) is 29.5 Å². The number of anilines is 1. The van der Waals surface area contributed by atoms with Crippen molar-refractivity contribution < 1.29 is 4.74 Å². The molecule has 1 saturated heterocycles. The van der Waals surface area contributed by atoms with Gasteiger partial charge in [0.15, 0.2) is 0 Å². The van der Waals surface area contributed by atoms with E-state index in [0.29, 0.717) is 5.92 Å². The number of ether oxygens (including phenoxy) is 1. The summed E-state index contributed by atoms with van der Waals surface area (Å²) in [4.78, 5) is 0. The van der Waals surface area contributed by atoms with Gasteiger partial charge in [-0.3, -0.25) is 0 Å². The molecule has 1 aliphatic heterocycles. The Morgan fingerprint density at radius 2 is 2.42 bits per heavy atom. The van der Waals surface area contributed by atoms with Crippen LogP contribution in [0.2, 0.25) is 5.02 Å². The smallest absolute Gasteiger partial charge is 0.0877 e. The molecule has 5 heteroatoms. The van der Waals surface area contributed by atoms with Gasteiger partial charge in [-0.2, -0.15) is 5.10 Å². The van der Waals surface area contributed by atoms with Gasteiger partial charge in [0.25, 0.3) is 0 Å². The molecule has 0 saturated carbocycles. The van der Waals surface area contributed by atoms with Crippen molar-refractivity contribution in [3.05, 3.63) is 41.7 Å². The highest BCUT2D eigenvalue weighted by molar-refractivity contribution is 6.31. The van der Waals surface area contributed by atoms with Crippen molar-refractivity contribution in [1.29, 1.82) is 0 Å². The van der Waals surface area contributed by atoms with Gasteiger partial charge < -0.3 is 10.1 Å². The molecule has 2 heterocycles. The van der Waals surface area contributed by atoms with Gasteiger partial charge in [-0.25, -0.2) is 4.68 Å². The molecule has 3 rings (SSSR count). The molecule has 0 aliphatic carbocycles. The minimum Gasteiger partial charge on any atom is -0.383 e. The average molecular weight is 278 g/mol. The normalized spacial score (nSPS) is 18.7. The molecule has 1 atom stereocenters. The summed E-state index contributed by atoms with van der Waals surface area (Å²) in [5.41, 5.74) is 2.01. The SMILES string of the molecule is Clc1ccc(-n2cccn2)c(NCC2CCOC2)c1. The fourth-order valence-corrected chi connectivity index (χ4v) is 2.43. The predicted octanol–water partition coefficient (Wildman–Crippen LogP) is 2.97. The maximum atomic E-state index is 6.08. The Balaban J connectivity index is 1.80. The molecule has 4 nitrogen and oxygen atoms in total. The Morgan fingerprint density at radius 1 is 1.47 bits per heavy atom. The van der Waals surface area contributed by atoms with Gasteiger partial charge in [-0.15, -0.1) is 0 Å². The van der Waals surface area contributed by atoms with Crippen LogP contribution in [0.1, 0.15) is 6.42 Å². The van der Waals surface area contributed by atoms with Crippen molar-refractivity contribution in [1.82, 2.24) is 9.78 Å². The maximum absolute atomic E-state index is 6.08. The minimum atomic E-state index is 0.574. The zero-order valence-corrected chi connectivity index (χ0v) is 11.3. The van der Waals surface area contributed by atoms with E-state index < -0.39 is 0 Å². The Bertz CT molecular complexity index is 536. The van der Waals surface area contributed by atoms with E-state index in [9.17, 15) is 0 Å². The lowest BCUT2D eigenvalue weighted by atomic mass is 10.1. The van der Waals surface area contributed by atoms with Crippen LogP contribution in [0, 0.1) is 5.92 Å². The lowest BCUT2D eigenvalue weighted by Crippen LogP contribution is -2.15. The number of nitrogens with one attached hydrogen (secondary N) is 1. The summed E-state index contributed by atoms with van der Waals surface area (Å²) in [6.07, 6.45) is 4.81. The number of rotatable bonds is 4. The van der Waals surface area contributed by atoms with Crippen LogP contribution in [0.3, 0.4) is 0 Å². The first kappa shape index (κ1) is 12.5. The average Bonchev–Trinajstić information content (AvgIpc) is 3.10. The lowest BCUT2D eigenvalue weighted by molar-refractivity contribution is 0.187. The van der Waals surface area contributed by atoms with Gasteiger partial charge >= 0.3 is 0 Å². The van der Waals surface area contributed by atoms with Crippen LogP contribution in [0.5, 0.6) is 0 Å². The topological polar surface area (TPSA) is 39.1 Å². The fraction of sp³-hybridized carbons (Fsp3) is 0.357. The summed E-state index contributed by atoms with van der Waals surface area (Å²) in [6, 6.07) is 7.70. The van der Waals surface area contributed by atoms with E-state index in [0.717, 1.165) is 42.6 Å². The quantitative estimate of drug-likeness (QED) is 0.934. The molecule has 0 bridgehead atoms. The largest absolute Gasteiger partial charge is 0.383 e. The van der Waals surface area contributed by atoms with Crippen molar-refractivity contribution in [3.63, 3.8) is 0 Å². The molecular weight excluding hydrogens is 262 g/mol. The molecule has 1 unspecified atom stereocenters. The number of halogens is 1. The molecule has 0 amide bonds. The highest BCUT2D eigenvalue weighted by Gasteiger charge is 2.16. The first-order chi connectivity index (χ1) is 9.33. The molecule has 1 aromatic carbocycles. The summed E-state index contributed by atoms with van der Waals surface area (Å²) in [5.74, 6) is 0.574. The maximum Gasteiger partial charge on any atom is 0.0877 e. The number of hydrogen-bond acceptors (Lipinski definition) is 3. The molecule has 1 aliphatic rings. The molecule has 19 heavy (non-hydrogen) atoms. The van der Waals surface area contributed by atoms with Gasteiger partial charge in [-0.1, -0.05) is 11.6 Å². The molecule has 1 N–H and O–H groups in total. The standard InChI is InChI=1S/C14H16ClN3O/c15-12-2-3-14(18-6-1-5-17-18)13(8-12)16-9-11-4-7-19-10-11/h1-3,5-6,8,11,16H,4,7,9-10H2. The van der Waals surface area contributed by atoms with Crippen molar-refractivity contribution >= 4 is 17.3 Å². The van der Waals surface area contributed by atoms with E-state index in [1.807, 2.05) is 35.1 Å². The van der Waals surface area contributed by atoms with Crippen molar-refractivity contribution in [3.8, 4) is 5.69 Å². The monoisotopic (exact) mass is 277 g/mol. The first-order valence-electron chi connectivity index (χ1n) is 6.44. The molecule has 1 fully saturated rings. The molecular formula is C14H16ClN3O. The molecule has 0 radical (unpaired) electrons. The van der Waals surface area contributed by atoms with Crippen LogP contribution in [0.15, 0.2) is 36.7 Å². The number of hydrogen-bond donors (Lipinski definition) is 1. The van der Waals surface area contributed by atoms with Gasteiger partial charge in [0.1, 0.15) is 0 Å². The van der Waals surface area contributed by atoms with Crippen LogP contribution in [0.25, 0.3) is 5.69 Å². The summed E-state index contributed by atoms with van der Waals surface area (Å²) in [7, 11) is 0. The van der Waals surface area contributed by atoms with E-state index in [-0.39, 0.29) is 0 Å². The van der Waals surface area contributed by atoms with Gasteiger partial charge in [0, 0.05) is 36.5 Å². The van der Waals surface area contributed by atoms with E-state index in [4.69, 9.17) is 16.3 Å².